The average Bonchev–Trinajstić information content (AvgIpc) is 2.30. The highest BCUT2D eigenvalue weighted by molar-refractivity contribution is 7.91. The van der Waals surface area contributed by atoms with Gasteiger partial charge < -0.3 is 10.6 Å². The Morgan fingerprint density at radius 3 is 2.74 bits per heavy atom. The molecule has 5 nitrogen and oxygen atoms in total. The number of para-hydroxylation sites is 1. The van der Waals surface area contributed by atoms with Gasteiger partial charge in [0.1, 0.15) is 5.82 Å². The maximum Gasteiger partial charge on any atom is 0.319 e. The van der Waals surface area contributed by atoms with Gasteiger partial charge >= 0.3 is 6.03 Å². The molecule has 1 aliphatic rings. The SMILES string of the molecule is O=C(Nc1ccccc1F)N[C@@H]1CCCS(=O)(=O)C1. The van der Waals surface area contributed by atoms with Gasteiger partial charge in [0.2, 0.25) is 0 Å². The molecule has 1 heterocycles. The van der Waals surface area contributed by atoms with Crippen molar-refractivity contribution in [1.29, 1.82) is 0 Å². The lowest BCUT2D eigenvalue weighted by Crippen LogP contribution is -2.45. The normalized spacial score (nSPS) is 21.6. The van der Waals surface area contributed by atoms with E-state index in [-0.39, 0.29) is 17.2 Å². The lowest BCUT2D eigenvalue weighted by atomic mass is 10.2. The van der Waals surface area contributed by atoms with Gasteiger partial charge in [0.25, 0.3) is 0 Å². The number of sulfone groups is 1. The van der Waals surface area contributed by atoms with Crippen molar-refractivity contribution in [2.75, 3.05) is 16.8 Å². The first-order valence-corrected chi connectivity index (χ1v) is 7.81. The predicted octanol–water partition coefficient (Wildman–Crippen LogP) is 1.52. The van der Waals surface area contributed by atoms with Crippen LogP contribution in [0.2, 0.25) is 0 Å². The number of amides is 2. The number of carbonyl (C=O) groups excluding carboxylic acids is 1. The standard InChI is InChI=1S/C12H15FN2O3S/c13-10-5-1-2-6-11(10)15-12(16)14-9-4-3-7-19(17,18)8-9/h1-2,5-6,9H,3-4,7-8H2,(H2,14,15,16)/t9-/m1/s1. The highest BCUT2D eigenvalue weighted by atomic mass is 32.2. The zero-order chi connectivity index (χ0) is 13.9. The van der Waals surface area contributed by atoms with Crippen molar-refractivity contribution in [2.24, 2.45) is 0 Å². The molecule has 0 aliphatic carbocycles. The largest absolute Gasteiger partial charge is 0.334 e. The predicted molar refractivity (Wildman–Crippen MR) is 70.2 cm³/mol. The minimum atomic E-state index is -3.08. The Kier molecular flexibility index (Phi) is 4.04. The van der Waals surface area contributed by atoms with Gasteiger partial charge in [-0.2, -0.15) is 0 Å². The second-order valence-corrected chi connectivity index (χ2v) is 6.76. The summed E-state index contributed by atoms with van der Waals surface area (Å²) in [5.41, 5.74) is 0.0682. The molecule has 7 heteroatoms. The van der Waals surface area contributed by atoms with Crippen LogP contribution in [-0.4, -0.2) is 32.0 Å². The Bertz CT molecular complexity index is 574. The molecule has 0 unspecified atom stereocenters. The fourth-order valence-electron chi connectivity index (χ4n) is 2.04. The Morgan fingerprint density at radius 1 is 1.32 bits per heavy atom. The van der Waals surface area contributed by atoms with Crippen LogP contribution in [0.3, 0.4) is 0 Å². The number of nitrogens with one attached hydrogen (secondary N) is 2. The van der Waals surface area contributed by atoms with E-state index in [1.807, 2.05) is 0 Å². The van der Waals surface area contributed by atoms with Gasteiger partial charge in [-0.05, 0) is 25.0 Å². The van der Waals surface area contributed by atoms with E-state index >= 15 is 0 Å². The van der Waals surface area contributed by atoms with Crippen molar-refractivity contribution >= 4 is 21.6 Å². The number of halogens is 1. The van der Waals surface area contributed by atoms with Crippen LogP contribution in [0.25, 0.3) is 0 Å². The molecule has 19 heavy (non-hydrogen) atoms. The molecule has 1 aromatic carbocycles. The van der Waals surface area contributed by atoms with E-state index in [1.54, 1.807) is 6.07 Å². The summed E-state index contributed by atoms with van der Waals surface area (Å²) in [7, 11) is -3.08. The molecule has 1 aliphatic heterocycles. The molecule has 2 rings (SSSR count). The van der Waals surface area contributed by atoms with E-state index in [4.69, 9.17) is 0 Å². The van der Waals surface area contributed by atoms with Crippen molar-refractivity contribution in [3.8, 4) is 0 Å². The maximum absolute atomic E-state index is 13.3. The second kappa shape index (κ2) is 5.56. The molecule has 0 bridgehead atoms. The van der Waals surface area contributed by atoms with Crippen LogP contribution >= 0.6 is 0 Å². The van der Waals surface area contributed by atoms with E-state index in [0.717, 1.165) is 0 Å². The second-order valence-electron chi connectivity index (χ2n) is 4.53. The number of anilines is 1. The minimum absolute atomic E-state index is 0.0578. The number of hydrogen-bond acceptors (Lipinski definition) is 3. The number of carbonyl (C=O) groups is 1. The summed E-state index contributed by atoms with van der Waals surface area (Å²) in [5, 5.41) is 4.92. The third-order valence-corrected chi connectivity index (χ3v) is 4.74. The Balaban J connectivity index is 1.93. The Morgan fingerprint density at radius 2 is 2.05 bits per heavy atom. The Labute approximate surface area is 111 Å². The molecule has 0 radical (unpaired) electrons. The zero-order valence-corrected chi connectivity index (χ0v) is 11.0. The first kappa shape index (κ1) is 13.8. The number of rotatable bonds is 2. The topological polar surface area (TPSA) is 75.3 Å². The first-order valence-electron chi connectivity index (χ1n) is 5.99. The maximum atomic E-state index is 13.3. The average molecular weight is 286 g/mol. The van der Waals surface area contributed by atoms with Gasteiger partial charge in [-0.3, -0.25) is 0 Å². The molecule has 2 amide bonds. The Hall–Kier alpha value is -1.63. The molecule has 0 aromatic heterocycles. The monoisotopic (exact) mass is 286 g/mol. The summed E-state index contributed by atoms with van der Waals surface area (Å²) in [6, 6.07) is 4.79. The number of hydrogen-bond donors (Lipinski definition) is 2. The lowest BCUT2D eigenvalue weighted by molar-refractivity contribution is 0.248. The molecule has 1 saturated heterocycles. The van der Waals surface area contributed by atoms with Gasteiger partial charge in [-0.25, -0.2) is 17.6 Å². The van der Waals surface area contributed by atoms with E-state index in [1.165, 1.54) is 18.2 Å². The van der Waals surface area contributed by atoms with E-state index in [2.05, 4.69) is 10.6 Å². The van der Waals surface area contributed by atoms with Crippen LogP contribution in [0, 0.1) is 5.82 Å². The summed E-state index contributed by atoms with van der Waals surface area (Å²) >= 11 is 0. The molecule has 2 N–H and O–H groups in total. The molecule has 104 valence electrons. The van der Waals surface area contributed by atoms with Crippen LogP contribution in [0.5, 0.6) is 0 Å². The molecular formula is C12H15FN2O3S. The van der Waals surface area contributed by atoms with Gasteiger partial charge in [0, 0.05) is 6.04 Å². The van der Waals surface area contributed by atoms with Gasteiger partial charge in [-0.1, -0.05) is 12.1 Å². The third-order valence-electron chi connectivity index (χ3n) is 2.92. The van der Waals surface area contributed by atoms with Crippen molar-refractivity contribution in [1.82, 2.24) is 5.32 Å². The van der Waals surface area contributed by atoms with E-state index < -0.39 is 27.7 Å². The fourth-order valence-corrected chi connectivity index (χ4v) is 3.68. The first-order chi connectivity index (χ1) is 8.96. The van der Waals surface area contributed by atoms with Gasteiger partial charge in [-0.15, -0.1) is 0 Å². The van der Waals surface area contributed by atoms with Gasteiger partial charge in [0.15, 0.2) is 9.84 Å². The fraction of sp³-hybridized carbons (Fsp3) is 0.417. The quantitative estimate of drug-likeness (QED) is 0.865. The van der Waals surface area contributed by atoms with Crippen LogP contribution in [-0.2, 0) is 9.84 Å². The van der Waals surface area contributed by atoms with Crippen LogP contribution in [0.4, 0.5) is 14.9 Å². The van der Waals surface area contributed by atoms with Crippen molar-refractivity contribution < 1.29 is 17.6 Å². The zero-order valence-electron chi connectivity index (χ0n) is 10.2. The summed E-state index contributed by atoms with van der Waals surface area (Å²) in [6.07, 6.45) is 1.15. The lowest BCUT2D eigenvalue weighted by Gasteiger charge is -2.23. The smallest absolute Gasteiger partial charge is 0.319 e. The molecule has 0 saturated carbocycles. The van der Waals surface area contributed by atoms with Crippen LogP contribution in [0.1, 0.15) is 12.8 Å². The molecule has 1 atom stereocenters. The molecule has 1 aromatic rings. The van der Waals surface area contributed by atoms with Crippen LogP contribution < -0.4 is 10.6 Å². The summed E-state index contributed by atoms with van der Waals surface area (Å²) in [6.45, 7) is 0. The number of benzene rings is 1. The third kappa shape index (κ3) is 3.92. The molecule has 0 spiro atoms. The van der Waals surface area contributed by atoms with Crippen molar-refractivity contribution in [3.05, 3.63) is 30.1 Å². The number of urea groups is 1. The summed E-state index contributed by atoms with van der Waals surface area (Å²) in [5.74, 6) is -0.424. The minimum Gasteiger partial charge on any atom is -0.334 e. The highest BCUT2D eigenvalue weighted by Crippen LogP contribution is 2.14. The summed E-state index contributed by atoms with van der Waals surface area (Å²) < 4.78 is 36.2. The summed E-state index contributed by atoms with van der Waals surface area (Å²) in [4.78, 5) is 11.7. The molecule has 1 fully saturated rings. The van der Waals surface area contributed by atoms with Crippen molar-refractivity contribution in [3.63, 3.8) is 0 Å². The van der Waals surface area contributed by atoms with E-state index in [9.17, 15) is 17.6 Å². The molecular weight excluding hydrogens is 271 g/mol. The van der Waals surface area contributed by atoms with Crippen LogP contribution in [0.15, 0.2) is 24.3 Å². The highest BCUT2D eigenvalue weighted by Gasteiger charge is 2.25. The van der Waals surface area contributed by atoms with Gasteiger partial charge in [0.05, 0.1) is 17.2 Å². The van der Waals surface area contributed by atoms with Crippen molar-refractivity contribution in [2.45, 2.75) is 18.9 Å². The van der Waals surface area contributed by atoms with E-state index in [0.29, 0.717) is 12.8 Å².